The maximum atomic E-state index is 12.9. The van der Waals surface area contributed by atoms with Gasteiger partial charge in [0.25, 0.3) is 11.8 Å². The summed E-state index contributed by atoms with van der Waals surface area (Å²) < 4.78 is 4.67. The van der Waals surface area contributed by atoms with Crippen molar-refractivity contribution in [2.45, 2.75) is 0 Å². The molecule has 6 heteroatoms. The molecule has 0 saturated carbocycles. The number of amides is 2. The fourth-order valence-corrected chi connectivity index (χ4v) is 2.78. The Morgan fingerprint density at radius 2 is 1.41 bits per heavy atom. The number of benzene rings is 3. The van der Waals surface area contributed by atoms with Gasteiger partial charge in [0.1, 0.15) is 5.70 Å². The largest absolute Gasteiger partial charge is 0.465 e. The predicted molar refractivity (Wildman–Crippen MR) is 124 cm³/mol. The molecule has 0 radical (unpaired) electrons. The van der Waals surface area contributed by atoms with Gasteiger partial charge in [-0.1, -0.05) is 60.7 Å². The summed E-state index contributed by atoms with van der Waals surface area (Å²) in [5.74, 6) is -1.37. The topological polar surface area (TPSA) is 84.5 Å². The van der Waals surface area contributed by atoms with Crippen molar-refractivity contribution in [3.8, 4) is 0 Å². The van der Waals surface area contributed by atoms with Crippen LogP contribution in [-0.4, -0.2) is 24.9 Å². The Labute approximate surface area is 186 Å². The third-order valence-corrected chi connectivity index (χ3v) is 4.44. The monoisotopic (exact) mass is 426 g/mol. The van der Waals surface area contributed by atoms with Crippen LogP contribution in [0.2, 0.25) is 0 Å². The van der Waals surface area contributed by atoms with Crippen molar-refractivity contribution in [2.24, 2.45) is 0 Å². The summed E-state index contributed by atoms with van der Waals surface area (Å²) in [7, 11) is 1.30. The van der Waals surface area contributed by atoms with Crippen molar-refractivity contribution >= 4 is 29.5 Å². The lowest BCUT2D eigenvalue weighted by molar-refractivity contribution is -0.113. The van der Waals surface area contributed by atoms with Crippen molar-refractivity contribution in [1.29, 1.82) is 0 Å². The minimum Gasteiger partial charge on any atom is -0.465 e. The van der Waals surface area contributed by atoms with Crippen molar-refractivity contribution < 1.29 is 19.1 Å². The summed E-state index contributed by atoms with van der Waals surface area (Å²) in [6, 6.07) is 24.5. The van der Waals surface area contributed by atoms with Crippen molar-refractivity contribution in [3.63, 3.8) is 0 Å². The minimum absolute atomic E-state index is 0.0723. The van der Waals surface area contributed by atoms with Gasteiger partial charge in [0.2, 0.25) is 0 Å². The van der Waals surface area contributed by atoms with Crippen LogP contribution in [0.3, 0.4) is 0 Å². The molecular weight excluding hydrogens is 404 g/mol. The number of methoxy groups -OCH3 is 1. The number of carbonyl (C=O) groups excluding carboxylic acids is 3. The van der Waals surface area contributed by atoms with E-state index in [4.69, 9.17) is 0 Å². The third-order valence-electron chi connectivity index (χ3n) is 4.44. The number of esters is 1. The van der Waals surface area contributed by atoms with Gasteiger partial charge in [-0.25, -0.2) is 4.79 Å². The Bertz CT molecular complexity index is 1140. The molecule has 3 aromatic carbocycles. The van der Waals surface area contributed by atoms with Crippen LogP contribution in [-0.2, 0) is 9.53 Å². The molecule has 0 aliphatic carbocycles. The van der Waals surface area contributed by atoms with E-state index in [0.717, 1.165) is 5.56 Å². The quantitative estimate of drug-likeness (QED) is 0.332. The average molecular weight is 426 g/mol. The molecule has 32 heavy (non-hydrogen) atoms. The van der Waals surface area contributed by atoms with E-state index in [2.05, 4.69) is 15.4 Å². The zero-order valence-corrected chi connectivity index (χ0v) is 17.4. The second-order valence-electron chi connectivity index (χ2n) is 6.69. The molecule has 0 aliphatic rings. The molecule has 0 saturated heterocycles. The van der Waals surface area contributed by atoms with Gasteiger partial charge in [-0.05, 0) is 48.0 Å². The number of ether oxygens (including phenoxy) is 1. The summed E-state index contributed by atoms with van der Waals surface area (Å²) in [5.41, 5.74) is 2.29. The molecule has 0 unspecified atom stereocenters. The highest BCUT2D eigenvalue weighted by molar-refractivity contribution is 6.08. The standard InChI is InChI=1S/C26H22N2O4/c1-32-26(31)21-15-17-22(18-16-21)27-25(30)23(14-8-11-19-9-4-2-5-10-19)28-24(29)20-12-6-3-7-13-20/h2-18H,1H3,(H,27,30)(H,28,29)/b11-8-,23-14+. The fourth-order valence-electron chi connectivity index (χ4n) is 2.78. The Morgan fingerprint density at radius 1 is 0.781 bits per heavy atom. The summed E-state index contributed by atoms with van der Waals surface area (Å²) >= 11 is 0. The lowest BCUT2D eigenvalue weighted by Gasteiger charge is -2.11. The van der Waals surface area contributed by atoms with Gasteiger partial charge in [0.15, 0.2) is 0 Å². The molecule has 0 spiro atoms. The first-order valence-electron chi connectivity index (χ1n) is 9.86. The van der Waals surface area contributed by atoms with E-state index in [1.807, 2.05) is 36.4 Å². The molecule has 160 valence electrons. The minimum atomic E-state index is -0.502. The summed E-state index contributed by atoms with van der Waals surface area (Å²) in [6.45, 7) is 0. The van der Waals surface area contributed by atoms with Gasteiger partial charge in [0, 0.05) is 11.3 Å². The van der Waals surface area contributed by atoms with E-state index < -0.39 is 17.8 Å². The molecule has 0 atom stereocenters. The van der Waals surface area contributed by atoms with Gasteiger partial charge in [-0.3, -0.25) is 9.59 Å². The zero-order valence-electron chi connectivity index (χ0n) is 17.4. The van der Waals surface area contributed by atoms with Crippen LogP contribution < -0.4 is 10.6 Å². The highest BCUT2D eigenvalue weighted by Gasteiger charge is 2.14. The van der Waals surface area contributed by atoms with Crippen molar-refractivity contribution in [3.05, 3.63) is 119 Å². The van der Waals surface area contributed by atoms with E-state index in [1.165, 1.54) is 13.2 Å². The molecule has 0 bridgehead atoms. The molecule has 0 aliphatic heterocycles. The maximum absolute atomic E-state index is 12.9. The molecular formula is C26H22N2O4. The third kappa shape index (κ3) is 6.27. The van der Waals surface area contributed by atoms with Gasteiger partial charge >= 0.3 is 5.97 Å². The normalized spacial score (nSPS) is 11.1. The maximum Gasteiger partial charge on any atom is 0.337 e. The molecule has 3 aromatic rings. The highest BCUT2D eigenvalue weighted by atomic mass is 16.5. The van der Waals surface area contributed by atoms with Crippen molar-refractivity contribution in [1.82, 2.24) is 5.32 Å². The van der Waals surface area contributed by atoms with Gasteiger partial charge in [-0.2, -0.15) is 0 Å². The van der Waals surface area contributed by atoms with Crippen LogP contribution in [0, 0.1) is 0 Å². The molecule has 0 fully saturated rings. The molecule has 6 nitrogen and oxygen atoms in total. The van der Waals surface area contributed by atoms with E-state index in [-0.39, 0.29) is 5.70 Å². The van der Waals surface area contributed by atoms with E-state index in [9.17, 15) is 14.4 Å². The number of allylic oxidation sites excluding steroid dienone is 2. The predicted octanol–water partition coefficient (Wildman–Crippen LogP) is 4.44. The molecule has 3 rings (SSSR count). The second kappa shape index (κ2) is 11.1. The Balaban J connectivity index is 1.79. The molecule has 2 amide bonds. The summed E-state index contributed by atoms with van der Waals surface area (Å²) in [4.78, 5) is 37.0. The highest BCUT2D eigenvalue weighted by Crippen LogP contribution is 2.12. The summed E-state index contributed by atoms with van der Waals surface area (Å²) in [5, 5.41) is 5.39. The van der Waals surface area contributed by atoms with Crippen LogP contribution in [0.4, 0.5) is 5.69 Å². The fraction of sp³-hybridized carbons (Fsp3) is 0.0385. The molecule has 2 N–H and O–H groups in total. The zero-order chi connectivity index (χ0) is 22.8. The second-order valence-corrected chi connectivity index (χ2v) is 6.69. The molecule has 0 aromatic heterocycles. The van der Waals surface area contributed by atoms with Gasteiger partial charge < -0.3 is 15.4 Å². The first-order valence-corrected chi connectivity index (χ1v) is 9.86. The van der Waals surface area contributed by atoms with Crippen molar-refractivity contribution in [2.75, 3.05) is 12.4 Å². The van der Waals surface area contributed by atoms with Crippen LogP contribution >= 0.6 is 0 Å². The SMILES string of the molecule is COC(=O)c1ccc(NC(=O)/C(=C\C=C/c2ccccc2)NC(=O)c2ccccc2)cc1. The summed E-state index contributed by atoms with van der Waals surface area (Å²) in [6.07, 6.45) is 5.05. The van der Waals surface area contributed by atoms with Crippen LogP contribution in [0.25, 0.3) is 6.08 Å². The van der Waals surface area contributed by atoms with Gasteiger partial charge in [-0.15, -0.1) is 0 Å². The van der Waals surface area contributed by atoms with E-state index >= 15 is 0 Å². The number of rotatable bonds is 7. The number of carbonyl (C=O) groups is 3. The van der Waals surface area contributed by atoms with E-state index in [0.29, 0.717) is 16.8 Å². The number of hydrogen-bond acceptors (Lipinski definition) is 4. The number of hydrogen-bond donors (Lipinski definition) is 2. The smallest absolute Gasteiger partial charge is 0.337 e. The first-order chi connectivity index (χ1) is 15.6. The van der Waals surface area contributed by atoms with Crippen LogP contribution in [0.15, 0.2) is 103 Å². The Hall–Kier alpha value is -4.45. The Kier molecular flexibility index (Phi) is 7.70. The number of anilines is 1. The average Bonchev–Trinajstić information content (AvgIpc) is 2.84. The lowest BCUT2D eigenvalue weighted by atomic mass is 10.2. The van der Waals surface area contributed by atoms with Crippen LogP contribution in [0.5, 0.6) is 0 Å². The van der Waals surface area contributed by atoms with Gasteiger partial charge in [0.05, 0.1) is 12.7 Å². The lowest BCUT2D eigenvalue weighted by Crippen LogP contribution is -2.30. The van der Waals surface area contributed by atoms with E-state index in [1.54, 1.807) is 60.7 Å². The van der Waals surface area contributed by atoms with Crippen LogP contribution in [0.1, 0.15) is 26.3 Å². The first kappa shape index (κ1) is 22.2. The molecule has 0 heterocycles. The Morgan fingerprint density at radius 3 is 2.03 bits per heavy atom. The number of nitrogens with one attached hydrogen (secondary N) is 2.